The summed E-state index contributed by atoms with van der Waals surface area (Å²) in [5.74, 6) is -0.159. The molecule has 0 unspecified atom stereocenters. The van der Waals surface area contributed by atoms with Gasteiger partial charge in [-0.15, -0.1) is 11.3 Å². The molecule has 2 aromatic carbocycles. The maximum atomic E-state index is 12.9. The Morgan fingerprint density at radius 1 is 0.967 bits per heavy atom. The van der Waals surface area contributed by atoms with Crippen molar-refractivity contribution in [2.45, 2.75) is 6.92 Å². The summed E-state index contributed by atoms with van der Waals surface area (Å²) >= 11 is 1.33. The van der Waals surface area contributed by atoms with Crippen LogP contribution in [-0.4, -0.2) is 21.7 Å². The van der Waals surface area contributed by atoms with E-state index >= 15 is 0 Å². The highest BCUT2D eigenvalue weighted by Crippen LogP contribution is 2.22. The third-order valence-electron chi connectivity index (χ3n) is 4.42. The van der Waals surface area contributed by atoms with Crippen molar-refractivity contribution in [2.24, 2.45) is 0 Å². The van der Waals surface area contributed by atoms with Crippen LogP contribution in [0, 0.1) is 6.92 Å². The van der Waals surface area contributed by atoms with Crippen LogP contribution in [-0.2, 0) is 0 Å². The summed E-state index contributed by atoms with van der Waals surface area (Å²) in [5.41, 5.74) is 2.19. The maximum absolute atomic E-state index is 12.9. The standard InChI is InChI=1S/C23H17N3O3S/c1-14-12-20(27)26-22(24-14)15-6-4-7-16(13-15)25-23(29)18-9-3-2-8-17(18)21(28)19-10-5-11-30-19/h2-13H,1H3,(H,25,29)(H,24,26,27). The van der Waals surface area contributed by atoms with Gasteiger partial charge in [-0.1, -0.05) is 36.4 Å². The number of ketones is 1. The third-order valence-corrected chi connectivity index (χ3v) is 5.29. The predicted molar refractivity (Wildman–Crippen MR) is 117 cm³/mol. The number of rotatable bonds is 5. The van der Waals surface area contributed by atoms with E-state index in [1.807, 2.05) is 5.38 Å². The molecule has 0 radical (unpaired) electrons. The van der Waals surface area contributed by atoms with Crippen LogP contribution in [0.2, 0.25) is 0 Å². The Morgan fingerprint density at radius 3 is 2.50 bits per heavy atom. The number of aromatic nitrogens is 2. The molecule has 0 saturated heterocycles. The van der Waals surface area contributed by atoms with Crippen molar-refractivity contribution in [3.8, 4) is 11.4 Å². The molecule has 0 saturated carbocycles. The lowest BCUT2D eigenvalue weighted by Crippen LogP contribution is -2.16. The van der Waals surface area contributed by atoms with E-state index in [0.29, 0.717) is 38.8 Å². The van der Waals surface area contributed by atoms with Gasteiger partial charge in [0.2, 0.25) is 5.78 Å². The first-order valence-electron chi connectivity index (χ1n) is 9.18. The quantitative estimate of drug-likeness (QED) is 0.476. The molecular weight excluding hydrogens is 398 g/mol. The fourth-order valence-electron chi connectivity index (χ4n) is 3.08. The van der Waals surface area contributed by atoms with E-state index < -0.39 is 5.91 Å². The zero-order valence-electron chi connectivity index (χ0n) is 16.0. The molecule has 148 valence electrons. The first-order chi connectivity index (χ1) is 14.5. The minimum absolute atomic E-state index is 0.189. The van der Waals surface area contributed by atoms with Crippen LogP contribution < -0.4 is 10.9 Å². The molecule has 0 aliphatic rings. The molecule has 0 fully saturated rings. The molecule has 0 atom stereocenters. The Labute approximate surface area is 176 Å². The van der Waals surface area contributed by atoms with Crippen molar-refractivity contribution >= 4 is 28.7 Å². The van der Waals surface area contributed by atoms with E-state index in [2.05, 4.69) is 15.3 Å². The highest BCUT2D eigenvalue weighted by molar-refractivity contribution is 7.12. The van der Waals surface area contributed by atoms with E-state index in [4.69, 9.17) is 0 Å². The smallest absolute Gasteiger partial charge is 0.256 e. The van der Waals surface area contributed by atoms with Gasteiger partial charge in [-0.2, -0.15) is 0 Å². The van der Waals surface area contributed by atoms with Gasteiger partial charge in [0.25, 0.3) is 11.5 Å². The minimum atomic E-state index is -0.390. The van der Waals surface area contributed by atoms with Crippen LogP contribution >= 0.6 is 11.3 Å². The first-order valence-corrected chi connectivity index (χ1v) is 10.1. The van der Waals surface area contributed by atoms with Crippen LogP contribution in [0.3, 0.4) is 0 Å². The van der Waals surface area contributed by atoms with E-state index in [1.165, 1.54) is 17.4 Å². The molecule has 0 bridgehead atoms. The summed E-state index contributed by atoms with van der Waals surface area (Å²) < 4.78 is 0. The highest BCUT2D eigenvalue weighted by Gasteiger charge is 2.19. The van der Waals surface area contributed by atoms with Crippen molar-refractivity contribution in [1.82, 2.24) is 9.97 Å². The van der Waals surface area contributed by atoms with Crippen LogP contribution in [0.5, 0.6) is 0 Å². The lowest BCUT2D eigenvalue weighted by atomic mass is 10.0. The Morgan fingerprint density at radius 2 is 1.77 bits per heavy atom. The molecular formula is C23H17N3O3S. The monoisotopic (exact) mass is 415 g/mol. The summed E-state index contributed by atoms with van der Waals surface area (Å²) in [6.07, 6.45) is 0. The van der Waals surface area contributed by atoms with E-state index in [9.17, 15) is 14.4 Å². The van der Waals surface area contributed by atoms with E-state index in [1.54, 1.807) is 67.6 Å². The number of H-pyrrole nitrogens is 1. The first kappa shape index (κ1) is 19.5. The predicted octanol–water partition coefficient (Wildman–Crippen LogP) is 4.29. The van der Waals surface area contributed by atoms with Crippen molar-refractivity contribution in [3.63, 3.8) is 0 Å². The van der Waals surface area contributed by atoms with Crippen molar-refractivity contribution in [3.05, 3.63) is 104 Å². The van der Waals surface area contributed by atoms with Crippen molar-refractivity contribution in [2.75, 3.05) is 5.32 Å². The lowest BCUT2D eigenvalue weighted by molar-refractivity contribution is 0.0998. The zero-order valence-corrected chi connectivity index (χ0v) is 16.8. The fourth-order valence-corrected chi connectivity index (χ4v) is 3.76. The molecule has 4 aromatic rings. The number of carbonyl (C=O) groups excluding carboxylic acids is 2. The number of nitrogens with one attached hydrogen (secondary N) is 2. The number of amides is 1. The number of nitrogens with zero attached hydrogens (tertiary/aromatic N) is 1. The second kappa shape index (κ2) is 8.26. The minimum Gasteiger partial charge on any atom is -0.322 e. The van der Waals surface area contributed by atoms with Gasteiger partial charge in [-0.25, -0.2) is 4.98 Å². The van der Waals surface area contributed by atoms with Crippen molar-refractivity contribution in [1.29, 1.82) is 0 Å². The second-order valence-corrected chi connectivity index (χ2v) is 7.57. The Hall–Kier alpha value is -3.84. The summed E-state index contributed by atoms with van der Waals surface area (Å²) in [6, 6.07) is 18.7. The molecule has 2 heterocycles. The second-order valence-electron chi connectivity index (χ2n) is 6.62. The largest absolute Gasteiger partial charge is 0.322 e. The number of aromatic amines is 1. The number of carbonyl (C=O) groups is 2. The molecule has 4 rings (SSSR count). The van der Waals surface area contributed by atoms with Crippen LogP contribution in [0.1, 0.15) is 31.3 Å². The molecule has 0 aliphatic heterocycles. The fraction of sp³-hybridized carbons (Fsp3) is 0.0435. The average Bonchev–Trinajstić information content (AvgIpc) is 3.27. The van der Waals surface area contributed by atoms with Gasteiger partial charge in [0, 0.05) is 28.6 Å². The van der Waals surface area contributed by atoms with E-state index in [-0.39, 0.29) is 11.3 Å². The normalized spacial score (nSPS) is 10.6. The van der Waals surface area contributed by atoms with Gasteiger partial charge >= 0.3 is 0 Å². The molecule has 6 nitrogen and oxygen atoms in total. The van der Waals surface area contributed by atoms with Crippen LogP contribution in [0.4, 0.5) is 5.69 Å². The number of anilines is 1. The molecule has 2 aromatic heterocycles. The summed E-state index contributed by atoms with van der Waals surface area (Å²) in [6.45, 7) is 1.74. The topological polar surface area (TPSA) is 91.9 Å². The SMILES string of the molecule is Cc1cc(=O)[nH]c(-c2cccc(NC(=O)c3ccccc3C(=O)c3cccs3)c2)n1. The van der Waals surface area contributed by atoms with Gasteiger partial charge in [0.05, 0.1) is 10.4 Å². The van der Waals surface area contributed by atoms with Crippen LogP contribution in [0.15, 0.2) is 76.9 Å². The number of hydrogen-bond donors (Lipinski definition) is 2. The van der Waals surface area contributed by atoms with Gasteiger partial charge in [-0.3, -0.25) is 14.4 Å². The molecule has 0 aliphatic carbocycles. The molecule has 1 amide bonds. The van der Waals surface area contributed by atoms with Gasteiger partial charge < -0.3 is 10.3 Å². The van der Waals surface area contributed by atoms with Gasteiger partial charge in [0.15, 0.2) is 0 Å². The van der Waals surface area contributed by atoms with E-state index in [0.717, 1.165) is 0 Å². The Kier molecular flexibility index (Phi) is 5.36. The number of benzene rings is 2. The number of aryl methyl sites for hydroxylation is 1. The molecule has 30 heavy (non-hydrogen) atoms. The number of hydrogen-bond acceptors (Lipinski definition) is 5. The maximum Gasteiger partial charge on any atom is 0.256 e. The molecule has 2 N–H and O–H groups in total. The highest BCUT2D eigenvalue weighted by atomic mass is 32.1. The third kappa shape index (κ3) is 4.11. The molecule has 0 spiro atoms. The summed E-state index contributed by atoms with van der Waals surface area (Å²) in [7, 11) is 0. The van der Waals surface area contributed by atoms with Gasteiger partial charge in [0.1, 0.15) is 5.82 Å². The summed E-state index contributed by atoms with van der Waals surface area (Å²) in [4.78, 5) is 45.0. The summed E-state index contributed by atoms with van der Waals surface area (Å²) in [5, 5.41) is 4.66. The Bertz CT molecular complexity index is 1290. The van der Waals surface area contributed by atoms with Gasteiger partial charge in [-0.05, 0) is 36.6 Å². The number of thiophene rings is 1. The zero-order chi connectivity index (χ0) is 21.1. The van der Waals surface area contributed by atoms with Crippen LogP contribution in [0.25, 0.3) is 11.4 Å². The lowest BCUT2D eigenvalue weighted by Gasteiger charge is -2.10. The Balaban J connectivity index is 1.63. The molecule has 7 heteroatoms. The van der Waals surface area contributed by atoms with Crippen molar-refractivity contribution < 1.29 is 9.59 Å². The average molecular weight is 415 g/mol.